The minimum atomic E-state index is -0.147. The van der Waals surface area contributed by atoms with Crippen LogP contribution in [0.2, 0.25) is 0 Å². The summed E-state index contributed by atoms with van der Waals surface area (Å²) in [4.78, 5) is 12.0. The third-order valence-electron chi connectivity index (χ3n) is 3.94. The third-order valence-corrected chi connectivity index (χ3v) is 3.94. The van der Waals surface area contributed by atoms with Crippen LogP contribution in [-0.2, 0) is 9.53 Å². The molecule has 0 aromatic carbocycles. The van der Waals surface area contributed by atoms with Gasteiger partial charge >= 0.3 is 0 Å². The second-order valence-electron chi connectivity index (χ2n) is 5.23. The van der Waals surface area contributed by atoms with Gasteiger partial charge in [-0.2, -0.15) is 0 Å². The first-order valence-corrected chi connectivity index (χ1v) is 6.91. The van der Waals surface area contributed by atoms with Gasteiger partial charge in [0.25, 0.3) is 0 Å². The molecule has 0 radical (unpaired) electrons. The number of carbonyl (C=O) groups is 1. The first-order chi connectivity index (χ1) is 8.29. The van der Waals surface area contributed by atoms with Gasteiger partial charge < -0.3 is 15.4 Å². The third kappa shape index (κ3) is 4.41. The molecule has 0 spiro atoms. The molecule has 5 heteroatoms. The quantitative estimate of drug-likeness (QED) is 0.821. The zero-order valence-electron chi connectivity index (χ0n) is 11.1. The molecule has 1 aliphatic heterocycles. The average Bonchev–Trinajstić information content (AvgIpc) is 2.40. The summed E-state index contributed by atoms with van der Waals surface area (Å²) in [6, 6.07) is 0.232. The highest BCUT2D eigenvalue weighted by Crippen LogP contribution is 2.26. The van der Waals surface area contributed by atoms with Crippen molar-refractivity contribution < 1.29 is 9.53 Å². The lowest BCUT2D eigenvalue weighted by Gasteiger charge is -2.31. The predicted octanol–water partition coefficient (Wildman–Crippen LogP) is 1.48. The van der Waals surface area contributed by atoms with Crippen LogP contribution in [0.3, 0.4) is 0 Å². The molecule has 106 valence electrons. The van der Waals surface area contributed by atoms with Crippen molar-refractivity contribution in [1.29, 1.82) is 0 Å². The maximum atomic E-state index is 12.0. The van der Waals surface area contributed by atoms with Crippen LogP contribution in [0.1, 0.15) is 39.0 Å². The standard InChI is InChI=1S/C13H24N2O2.ClH/c1-2-10-4-3-5-11(8-10)15-13(16)12-9-17-7-6-14-12;/h10-12,14H,2-9H2,1H3,(H,15,16);1H. The van der Waals surface area contributed by atoms with Crippen molar-refractivity contribution in [3.8, 4) is 0 Å². The van der Waals surface area contributed by atoms with E-state index in [-0.39, 0.29) is 24.4 Å². The SMILES string of the molecule is CCC1CCCC(NC(=O)C2COCCN2)C1.Cl. The number of morpholine rings is 1. The van der Waals surface area contributed by atoms with Gasteiger partial charge in [0.2, 0.25) is 5.91 Å². The van der Waals surface area contributed by atoms with Gasteiger partial charge in [0.1, 0.15) is 6.04 Å². The van der Waals surface area contributed by atoms with E-state index in [1.54, 1.807) is 0 Å². The molecule has 1 aliphatic carbocycles. The molecule has 1 saturated heterocycles. The maximum absolute atomic E-state index is 12.0. The zero-order valence-corrected chi connectivity index (χ0v) is 11.9. The lowest BCUT2D eigenvalue weighted by molar-refractivity contribution is -0.126. The molecular weight excluding hydrogens is 252 g/mol. The second-order valence-corrected chi connectivity index (χ2v) is 5.23. The maximum Gasteiger partial charge on any atom is 0.239 e. The molecule has 2 fully saturated rings. The summed E-state index contributed by atoms with van der Waals surface area (Å²) in [5, 5.41) is 6.37. The van der Waals surface area contributed by atoms with Gasteiger partial charge in [0, 0.05) is 12.6 Å². The summed E-state index contributed by atoms with van der Waals surface area (Å²) < 4.78 is 5.31. The van der Waals surface area contributed by atoms with E-state index in [0.717, 1.165) is 25.3 Å². The molecule has 2 rings (SSSR count). The summed E-state index contributed by atoms with van der Waals surface area (Å²) in [5.74, 6) is 0.913. The van der Waals surface area contributed by atoms with Crippen molar-refractivity contribution in [3.05, 3.63) is 0 Å². The number of hydrogen-bond donors (Lipinski definition) is 2. The molecule has 3 atom stereocenters. The van der Waals surface area contributed by atoms with Gasteiger partial charge in [-0.25, -0.2) is 0 Å². The van der Waals surface area contributed by atoms with Crippen LogP contribution in [0, 0.1) is 5.92 Å². The molecule has 1 heterocycles. The Morgan fingerprint density at radius 2 is 2.28 bits per heavy atom. The van der Waals surface area contributed by atoms with E-state index in [4.69, 9.17) is 4.74 Å². The van der Waals surface area contributed by atoms with Crippen LogP contribution < -0.4 is 10.6 Å². The first kappa shape index (κ1) is 15.7. The highest BCUT2D eigenvalue weighted by atomic mass is 35.5. The van der Waals surface area contributed by atoms with E-state index in [9.17, 15) is 4.79 Å². The van der Waals surface area contributed by atoms with Gasteiger partial charge in [0.05, 0.1) is 13.2 Å². The molecule has 3 unspecified atom stereocenters. The number of hydrogen-bond acceptors (Lipinski definition) is 3. The highest BCUT2D eigenvalue weighted by Gasteiger charge is 2.26. The molecule has 0 bridgehead atoms. The first-order valence-electron chi connectivity index (χ1n) is 6.91. The van der Waals surface area contributed by atoms with Crippen LogP contribution in [0.15, 0.2) is 0 Å². The topological polar surface area (TPSA) is 50.4 Å². The Labute approximate surface area is 116 Å². The van der Waals surface area contributed by atoms with E-state index in [1.807, 2.05) is 0 Å². The summed E-state index contributed by atoms with van der Waals surface area (Å²) in [6.45, 7) is 4.24. The van der Waals surface area contributed by atoms with Crippen molar-refractivity contribution in [2.24, 2.45) is 5.92 Å². The summed E-state index contributed by atoms with van der Waals surface area (Å²) in [7, 11) is 0. The second kappa shape index (κ2) is 7.97. The molecular formula is C13H25ClN2O2. The predicted molar refractivity (Wildman–Crippen MR) is 74.0 cm³/mol. The average molecular weight is 277 g/mol. The molecule has 4 nitrogen and oxygen atoms in total. The number of carbonyl (C=O) groups excluding carboxylic acids is 1. The van der Waals surface area contributed by atoms with Crippen LogP contribution in [0.5, 0.6) is 0 Å². The minimum absolute atomic E-state index is 0. The summed E-state index contributed by atoms with van der Waals surface area (Å²) in [6.07, 6.45) is 6.09. The molecule has 0 aromatic rings. The smallest absolute Gasteiger partial charge is 0.239 e. The number of rotatable bonds is 3. The summed E-state index contributed by atoms with van der Waals surface area (Å²) >= 11 is 0. The van der Waals surface area contributed by atoms with Crippen LogP contribution >= 0.6 is 12.4 Å². The van der Waals surface area contributed by atoms with Gasteiger partial charge in [-0.1, -0.05) is 26.2 Å². The monoisotopic (exact) mass is 276 g/mol. The Kier molecular flexibility index (Phi) is 6.97. The lowest BCUT2D eigenvalue weighted by Crippen LogP contribution is -2.53. The van der Waals surface area contributed by atoms with Gasteiger partial charge in [0.15, 0.2) is 0 Å². The minimum Gasteiger partial charge on any atom is -0.378 e. The fraction of sp³-hybridized carbons (Fsp3) is 0.923. The van der Waals surface area contributed by atoms with Crippen molar-refractivity contribution in [3.63, 3.8) is 0 Å². The molecule has 1 amide bonds. The van der Waals surface area contributed by atoms with Crippen LogP contribution in [0.4, 0.5) is 0 Å². The van der Waals surface area contributed by atoms with Crippen molar-refractivity contribution in [1.82, 2.24) is 10.6 Å². The van der Waals surface area contributed by atoms with E-state index in [0.29, 0.717) is 19.3 Å². The van der Waals surface area contributed by atoms with E-state index < -0.39 is 0 Å². The Morgan fingerprint density at radius 3 is 2.94 bits per heavy atom. The number of amides is 1. The Balaban J connectivity index is 0.00000162. The normalized spacial score (nSPS) is 32.4. The molecule has 1 saturated carbocycles. The van der Waals surface area contributed by atoms with E-state index >= 15 is 0 Å². The van der Waals surface area contributed by atoms with Crippen molar-refractivity contribution in [2.75, 3.05) is 19.8 Å². The highest BCUT2D eigenvalue weighted by molar-refractivity contribution is 5.85. The van der Waals surface area contributed by atoms with Crippen LogP contribution in [-0.4, -0.2) is 37.7 Å². The molecule has 2 aliphatic rings. The lowest BCUT2D eigenvalue weighted by atomic mass is 9.84. The molecule has 18 heavy (non-hydrogen) atoms. The Bertz CT molecular complexity index is 257. The van der Waals surface area contributed by atoms with Gasteiger partial charge in [-0.15, -0.1) is 12.4 Å². The largest absolute Gasteiger partial charge is 0.378 e. The van der Waals surface area contributed by atoms with E-state index in [1.165, 1.54) is 19.3 Å². The van der Waals surface area contributed by atoms with E-state index in [2.05, 4.69) is 17.6 Å². The zero-order chi connectivity index (χ0) is 12.1. The van der Waals surface area contributed by atoms with Gasteiger partial charge in [-0.05, 0) is 18.8 Å². The molecule has 2 N–H and O–H groups in total. The van der Waals surface area contributed by atoms with Crippen LogP contribution in [0.25, 0.3) is 0 Å². The number of ether oxygens (including phenoxy) is 1. The fourth-order valence-corrected chi connectivity index (χ4v) is 2.83. The fourth-order valence-electron chi connectivity index (χ4n) is 2.83. The molecule has 0 aromatic heterocycles. The van der Waals surface area contributed by atoms with Crippen molar-refractivity contribution >= 4 is 18.3 Å². The number of halogens is 1. The number of nitrogens with one attached hydrogen (secondary N) is 2. The Morgan fingerprint density at radius 1 is 1.44 bits per heavy atom. The van der Waals surface area contributed by atoms with Crippen molar-refractivity contribution in [2.45, 2.75) is 51.1 Å². The van der Waals surface area contributed by atoms with Gasteiger partial charge in [-0.3, -0.25) is 4.79 Å². The Hall–Kier alpha value is -0.320. The summed E-state index contributed by atoms with van der Waals surface area (Å²) in [5.41, 5.74) is 0.